The maximum Gasteiger partial charge on any atom is 0.363 e. The Hall–Kier alpha value is -3.35. The smallest absolute Gasteiger partial charge is 0.363 e. The van der Waals surface area contributed by atoms with E-state index >= 15 is 0 Å². The first-order chi connectivity index (χ1) is 11.0. The second-order valence-electron chi connectivity index (χ2n) is 4.67. The van der Waals surface area contributed by atoms with E-state index in [2.05, 4.69) is 4.99 Å². The van der Waals surface area contributed by atoms with Gasteiger partial charge in [0.1, 0.15) is 5.82 Å². The molecular weight excluding hydrogens is 303 g/mol. The van der Waals surface area contributed by atoms with Crippen LogP contribution in [0.1, 0.15) is 11.1 Å². The number of carbonyl (C=O) groups is 1. The lowest BCUT2D eigenvalue weighted by atomic mass is 10.1. The molecule has 1 aliphatic rings. The average molecular weight is 312 g/mol. The van der Waals surface area contributed by atoms with E-state index in [-0.39, 0.29) is 22.8 Å². The summed E-state index contributed by atoms with van der Waals surface area (Å²) in [5, 5.41) is 10.8. The third-order valence-electron chi connectivity index (χ3n) is 3.11. The molecule has 2 aromatic carbocycles. The van der Waals surface area contributed by atoms with Crippen molar-refractivity contribution in [3.63, 3.8) is 0 Å². The molecule has 6 nitrogen and oxygen atoms in total. The fraction of sp³-hybridized carbons (Fsp3) is 0. The van der Waals surface area contributed by atoms with E-state index in [1.54, 1.807) is 12.1 Å². The zero-order valence-electron chi connectivity index (χ0n) is 11.6. The highest BCUT2D eigenvalue weighted by Gasteiger charge is 2.26. The molecule has 114 valence electrons. The Labute approximate surface area is 129 Å². The molecule has 0 amide bonds. The summed E-state index contributed by atoms with van der Waals surface area (Å²) in [4.78, 5) is 26.0. The summed E-state index contributed by atoms with van der Waals surface area (Å²) in [5.74, 6) is -1.44. The number of cyclic esters (lactones) is 1. The Bertz CT molecular complexity index is 874. The molecule has 0 bridgehead atoms. The van der Waals surface area contributed by atoms with E-state index in [0.717, 1.165) is 0 Å². The van der Waals surface area contributed by atoms with Gasteiger partial charge >= 0.3 is 5.97 Å². The zero-order valence-corrected chi connectivity index (χ0v) is 11.6. The molecule has 0 atom stereocenters. The molecule has 2 aromatic rings. The molecular formula is C16H9FN2O4. The van der Waals surface area contributed by atoms with Crippen molar-refractivity contribution in [3.05, 3.63) is 81.3 Å². The number of rotatable bonds is 3. The van der Waals surface area contributed by atoms with Gasteiger partial charge in [-0.1, -0.05) is 24.3 Å². The zero-order chi connectivity index (χ0) is 16.4. The van der Waals surface area contributed by atoms with Crippen LogP contribution in [0.15, 0.2) is 59.2 Å². The Morgan fingerprint density at radius 3 is 2.70 bits per heavy atom. The van der Waals surface area contributed by atoms with Crippen molar-refractivity contribution in [2.75, 3.05) is 0 Å². The van der Waals surface area contributed by atoms with Gasteiger partial charge in [-0.25, -0.2) is 14.2 Å². The number of esters is 1. The van der Waals surface area contributed by atoms with Gasteiger partial charge in [-0.3, -0.25) is 10.1 Å². The Kier molecular flexibility index (Phi) is 3.68. The fourth-order valence-corrected chi connectivity index (χ4v) is 2.05. The van der Waals surface area contributed by atoms with Gasteiger partial charge in [0, 0.05) is 12.1 Å². The first-order valence-electron chi connectivity index (χ1n) is 6.56. The highest BCUT2D eigenvalue weighted by molar-refractivity contribution is 6.12. The number of nitro groups is 1. The van der Waals surface area contributed by atoms with Crippen LogP contribution in [-0.2, 0) is 9.53 Å². The summed E-state index contributed by atoms with van der Waals surface area (Å²) >= 11 is 0. The quantitative estimate of drug-likeness (QED) is 0.377. The van der Waals surface area contributed by atoms with Crippen LogP contribution >= 0.6 is 0 Å². The minimum atomic E-state index is -0.741. The van der Waals surface area contributed by atoms with Gasteiger partial charge in [0.05, 0.1) is 10.5 Å². The molecule has 0 saturated carbocycles. The summed E-state index contributed by atoms with van der Waals surface area (Å²) in [6.45, 7) is 0. The maximum atomic E-state index is 13.7. The van der Waals surface area contributed by atoms with Crippen LogP contribution in [0.25, 0.3) is 6.08 Å². The lowest BCUT2D eigenvalue weighted by Crippen LogP contribution is -2.07. The molecule has 1 aliphatic heterocycles. The van der Waals surface area contributed by atoms with E-state index in [1.807, 2.05) is 0 Å². The van der Waals surface area contributed by atoms with Crippen molar-refractivity contribution >= 4 is 23.6 Å². The lowest BCUT2D eigenvalue weighted by Gasteiger charge is -1.99. The van der Waals surface area contributed by atoms with Gasteiger partial charge in [0.2, 0.25) is 5.90 Å². The van der Waals surface area contributed by atoms with Crippen molar-refractivity contribution in [3.8, 4) is 0 Å². The van der Waals surface area contributed by atoms with E-state index in [1.165, 1.54) is 42.5 Å². The van der Waals surface area contributed by atoms with Crippen LogP contribution in [0.4, 0.5) is 10.1 Å². The molecule has 0 spiro atoms. The number of aliphatic imine (C=N–C) groups is 1. The first kappa shape index (κ1) is 14.6. The normalized spacial score (nSPS) is 15.4. The SMILES string of the molecule is O=C1OC(c2ccccc2F)=N/C1=C/c1cccc([N+](=O)[O-])c1. The van der Waals surface area contributed by atoms with Crippen molar-refractivity contribution in [2.45, 2.75) is 0 Å². The minimum Gasteiger partial charge on any atom is -0.402 e. The summed E-state index contributed by atoms with van der Waals surface area (Å²) < 4.78 is 18.7. The molecule has 0 N–H and O–H groups in total. The van der Waals surface area contributed by atoms with Crippen LogP contribution in [0.3, 0.4) is 0 Å². The van der Waals surface area contributed by atoms with Crippen LogP contribution in [-0.4, -0.2) is 16.8 Å². The largest absolute Gasteiger partial charge is 0.402 e. The molecule has 0 unspecified atom stereocenters. The number of halogens is 1. The van der Waals surface area contributed by atoms with Gasteiger partial charge in [-0.15, -0.1) is 0 Å². The van der Waals surface area contributed by atoms with Gasteiger partial charge in [0.15, 0.2) is 5.70 Å². The highest BCUT2D eigenvalue weighted by atomic mass is 19.1. The fourth-order valence-electron chi connectivity index (χ4n) is 2.05. The Balaban J connectivity index is 1.97. The number of hydrogen-bond donors (Lipinski definition) is 0. The first-order valence-corrected chi connectivity index (χ1v) is 6.56. The average Bonchev–Trinajstić information content (AvgIpc) is 2.89. The predicted octanol–water partition coefficient (Wildman–Crippen LogP) is 3.08. The third kappa shape index (κ3) is 2.98. The van der Waals surface area contributed by atoms with E-state index < -0.39 is 16.7 Å². The number of benzene rings is 2. The van der Waals surface area contributed by atoms with Gasteiger partial charge in [-0.2, -0.15) is 0 Å². The minimum absolute atomic E-state index is 0.0521. The molecule has 0 saturated heterocycles. The molecule has 3 rings (SSSR count). The molecule has 23 heavy (non-hydrogen) atoms. The standard InChI is InChI=1S/C16H9FN2O4/c17-13-7-2-1-6-12(13)15-18-14(16(20)23-15)9-10-4-3-5-11(8-10)19(21)22/h1-9H/b14-9+. The van der Waals surface area contributed by atoms with Gasteiger partial charge < -0.3 is 4.74 Å². The molecule has 0 aliphatic carbocycles. The van der Waals surface area contributed by atoms with Crippen molar-refractivity contribution < 1.29 is 18.8 Å². The maximum absolute atomic E-state index is 13.7. The monoisotopic (exact) mass is 312 g/mol. The van der Waals surface area contributed by atoms with Crippen molar-refractivity contribution in [1.29, 1.82) is 0 Å². The van der Waals surface area contributed by atoms with Crippen LogP contribution in [0.2, 0.25) is 0 Å². The van der Waals surface area contributed by atoms with Crippen molar-refractivity contribution in [1.82, 2.24) is 0 Å². The highest BCUT2D eigenvalue weighted by Crippen LogP contribution is 2.22. The van der Waals surface area contributed by atoms with E-state index in [0.29, 0.717) is 5.56 Å². The van der Waals surface area contributed by atoms with Gasteiger partial charge in [-0.05, 0) is 23.8 Å². The second kappa shape index (κ2) is 5.80. The molecule has 0 radical (unpaired) electrons. The third-order valence-corrected chi connectivity index (χ3v) is 3.11. The number of carbonyl (C=O) groups excluding carboxylic acids is 1. The molecule has 0 aromatic heterocycles. The predicted molar refractivity (Wildman–Crippen MR) is 80.1 cm³/mol. The Morgan fingerprint density at radius 2 is 1.96 bits per heavy atom. The summed E-state index contributed by atoms with van der Waals surface area (Å²) in [6.07, 6.45) is 1.35. The second-order valence-corrected chi connectivity index (χ2v) is 4.67. The number of non-ortho nitro benzene ring substituents is 1. The van der Waals surface area contributed by atoms with Crippen LogP contribution < -0.4 is 0 Å². The molecule has 0 fully saturated rings. The molecule has 1 heterocycles. The van der Waals surface area contributed by atoms with Crippen LogP contribution in [0, 0.1) is 15.9 Å². The van der Waals surface area contributed by atoms with Crippen LogP contribution in [0.5, 0.6) is 0 Å². The summed E-state index contributed by atoms with van der Waals surface area (Å²) in [5.41, 5.74) is 0.334. The lowest BCUT2D eigenvalue weighted by molar-refractivity contribution is -0.384. The number of nitrogens with zero attached hydrogens (tertiary/aromatic N) is 2. The number of ether oxygens (including phenoxy) is 1. The summed E-state index contributed by atoms with van der Waals surface area (Å²) in [6, 6.07) is 11.5. The van der Waals surface area contributed by atoms with Crippen molar-refractivity contribution in [2.24, 2.45) is 4.99 Å². The topological polar surface area (TPSA) is 81.8 Å². The van der Waals surface area contributed by atoms with Gasteiger partial charge in [0.25, 0.3) is 5.69 Å². The molecule has 7 heteroatoms. The van der Waals surface area contributed by atoms with E-state index in [9.17, 15) is 19.3 Å². The van der Waals surface area contributed by atoms with E-state index in [4.69, 9.17) is 4.74 Å². The Morgan fingerprint density at radius 1 is 1.17 bits per heavy atom. The number of nitro benzene ring substituents is 1. The number of hydrogen-bond acceptors (Lipinski definition) is 5. The summed E-state index contributed by atoms with van der Waals surface area (Å²) in [7, 11) is 0.